The summed E-state index contributed by atoms with van der Waals surface area (Å²) in [6.07, 6.45) is 18.8. The van der Waals surface area contributed by atoms with Gasteiger partial charge in [0.25, 0.3) is 0 Å². The molecule has 1 heterocycles. The number of unbranched alkanes of at least 4 members (excludes halogenated alkanes) is 2. The molecule has 4 aliphatic rings. The Labute approximate surface area is 189 Å². The Morgan fingerprint density at radius 2 is 1.65 bits per heavy atom. The maximum Gasteiger partial charge on any atom is 0.181 e. The Hall–Kier alpha value is -1.16. The number of rotatable bonds is 10. The predicted molar refractivity (Wildman–Crippen MR) is 126 cm³/mol. The zero-order chi connectivity index (χ0) is 21.6. The van der Waals surface area contributed by atoms with Crippen LogP contribution in [0.3, 0.4) is 0 Å². The van der Waals surface area contributed by atoms with Crippen molar-refractivity contribution in [2.45, 2.75) is 102 Å². The first-order valence-corrected chi connectivity index (χ1v) is 12.8. The third-order valence-electron chi connectivity index (χ3n) is 8.21. The summed E-state index contributed by atoms with van der Waals surface area (Å²) in [4.78, 5) is 0. The van der Waals surface area contributed by atoms with Crippen molar-refractivity contribution < 1.29 is 14.2 Å². The lowest BCUT2D eigenvalue weighted by atomic mass is 9.51. The Morgan fingerprint density at radius 1 is 0.903 bits per heavy atom. The number of fused-ring (bicyclic) bond motifs is 3. The molecular weight excluding hydrogens is 384 g/mol. The van der Waals surface area contributed by atoms with Crippen molar-refractivity contribution in [2.75, 3.05) is 19.8 Å². The highest BCUT2D eigenvalue weighted by Crippen LogP contribution is 2.59. The maximum absolute atomic E-state index is 6.08. The molecule has 0 amide bonds. The van der Waals surface area contributed by atoms with Crippen LogP contribution in [0.4, 0.5) is 0 Å². The third kappa shape index (κ3) is 5.43. The van der Waals surface area contributed by atoms with Gasteiger partial charge in [-0.05, 0) is 73.3 Å². The second-order valence-corrected chi connectivity index (χ2v) is 10.2. The molecule has 1 saturated heterocycles. The molecule has 0 aromatic heterocycles. The predicted octanol–water partition coefficient (Wildman–Crippen LogP) is 7.26. The van der Waals surface area contributed by atoms with Gasteiger partial charge in [-0.1, -0.05) is 69.5 Å². The van der Waals surface area contributed by atoms with Crippen LogP contribution in [0.15, 0.2) is 36.4 Å². The lowest BCUT2D eigenvalue weighted by Crippen LogP contribution is -2.44. The molecule has 5 rings (SSSR count). The zero-order valence-electron chi connectivity index (χ0n) is 19.7. The van der Waals surface area contributed by atoms with E-state index in [0.29, 0.717) is 30.7 Å². The first-order chi connectivity index (χ1) is 15.2. The minimum absolute atomic E-state index is 0.0152. The normalized spacial score (nSPS) is 33.2. The minimum atomic E-state index is -0.252. The SMILES string of the molecule is CCCC/C=C/CO[C@H]1CO[C@H](c2ccc(C34CCC(CCC)(CC3)CC4)cc2)CO1. The summed E-state index contributed by atoms with van der Waals surface area (Å²) in [5, 5.41) is 0. The van der Waals surface area contributed by atoms with Crippen LogP contribution < -0.4 is 0 Å². The van der Waals surface area contributed by atoms with Crippen molar-refractivity contribution in [1.82, 2.24) is 0 Å². The molecule has 0 radical (unpaired) electrons. The molecule has 3 nitrogen and oxygen atoms in total. The third-order valence-corrected chi connectivity index (χ3v) is 8.21. The summed E-state index contributed by atoms with van der Waals surface area (Å²) in [6.45, 7) is 6.22. The van der Waals surface area contributed by atoms with Gasteiger partial charge in [-0.15, -0.1) is 0 Å². The van der Waals surface area contributed by atoms with Crippen molar-refractivity contribution >= 4 is 0 Å². The molecule has 31 heavy (non-hydrogen) atoms. The molecular formula is C28H42O3. The molecule has 1 aromatic carbocycles. The highest BCUT2D eigenvalue weighted by atomic mass is 16.7. The van der Waals surface area contributed by atoms with Gasteiger partial charge >= 0.3 is 0 Å². The summed E-state index contributed by atoms with van der Waals surface area (Å²) in [6, 6.07) is 9.30. The van der Waals surface area contributed by atoms with E-state index in [1.165, 1.54) is 69.8 Å². The molecule has 3 saturated carbocycles. The van der Waals surface area contributed by atoms with Gasteiger partial charge in [-0.25, -0.2) is 0 Å². The first kappa shape index (κ1) is 23.0. The van der Waals surface area contributed by atoms with Gasteiger partial charge in [0.1, 0.15) is 6.10 Å². The van der Waals surface area contributed by atoms with Gasteiger partial charge < -0.3 is 14.2 Å². The lowest BCUT2D eigenvalue weighted by Gasteiger charge is -2.54. The fourth-order valence-electron chi connectivity index (χ4n) is 6.10. The molecule has 0 N–H and O–H groups in total. The number of hydrogen-bond acceptors (Lipinski definition) is 3. The molecule has 4 fully saturated rings. The van der Waals surface area contributed by atoms with E-state index in [1.54, 1.807) is 5.56 Å². The quantitative estimate of drug-likeness (QED) is 0.291. The molecule has 0 spiro atoms. The molecule has 2 atom stereocenters. The molecule has 0 unspecified atom stereocenters. The summed E-state index contributed by atoms with van der Waals surface area (Å²) in [5.74, 6) is 0. The molecule has 172 valence electrons. The Balaban J connectivity index is 1.25. The van der Waals surface area contributed by atoms with E-state index in [9.17, 15) is 0 Å². The van der Waals surface area contributed by atoms with E-state index in [1.807, 2.05) is 0 Å². The molecule has 3 heteroatoms. The van der Waals surface area contributed by atoms with E-state index in [2.05, 4.69) is 50.3 Å². The first-order valence-electron chi connectivity index (χ1n) is 12.8. The molecule has 1 aromatic rings. The zero-order valence-corrected chi connectivity index (χ0v) is 19.7. The summed E-state index contributed by atoms with van der Waals surface area (Å²) in [7, 11) is 0. The van der Waals surface area contributed by atoms with E-state index in [0.717, 1.165) is 6.42 Å². The highest BCUT2D eigenvalue weighted by Gasteiger charge is 2.48. The van der Waals surface area contributed by atoms with E-state index < -0.39 is 0 Å². The Kier molecular flexibility index (Phi) is 7.90. The fraction of sp³-hybridized carbons (Fsp3) is 0.714. The Bertz CT molecular complexity index is 675. The van der Waals surface area contributed by atoms with E-state index in [-0.39, 0.29) is 12.4 Å². The smallest absolute Gasteiger partial charge is 0.181 e. The van der Waals surface area contributed by atoms with Crippen molar-refractivity contribution in [1.29, 1.82) is 0 Å². The van der Waals surface area contributed by atoms with Gasteiger partial charge in [0.2, 0.25) is 0 Å². The van der Waals surface area contributed by atoms with Crippen LogP contribution in [-0.4, -0.2) is 26.1 Å². The number of ether oxygens (including phenoxy) is 3. The van der Waals surface area contributed by atoms with Crippen molar-refractivity contribution in [3.63, 3.8) is 0 Å². The summed E-state index contributed by atoms with van der Waals surface area (Å²) in [5.41, 5.74) is 3.88. The topological polar surface area (TPSA) is 27.7 Å². The second kappa shape index (κ2) is 10.6. The lowest BCUT2D eigenvalue weighted by molar-refractivity contribution is -0.232. The van der Waals surface area contributed by atoms with Crippen LogP contribution >= 0.6 is 0 Å². The second-order valence-electron chi connectivity index (χ2n) is 10.2. The van der Waals surface area contributed by atoms with Crippen molar-refractivity contribution in [3.8, 4) is 0 Å². The van der Waals surface area contributed by atoms with Gasteiger partial charge in [-0.3, -0.25) is 0 Å². The molecule has 3 aliphatic carbocycles. The summed E-state index contributed by atoms with van der Waals surface area (Å²) >= 11 is 0. The van der Waals surface area contributed by atoms with Crippen molar-refractivity contribution in [3.05, 3.63) is 47.5 Å². The summed E-state index contributed by atoms with van der Waals surface area (Å²) < 4.78 is 17.8. The monoisotopic (exact) mass is 426 g/mol. The standard InChI is InChI=1S/C28H42O3/c1-3-5-6-7-8-20-29-26-22-30-25(21-31-26)23-9-11-24(12-10-23)28-17-14-27(13-4-2,15-18-28)16-19-28/h7-12,25-26H,3-6,13-22H2,1-2H3/b8-7+/t25-,26+,27?,28?/m0/s1. The minimum Gasteiger partial charge on any atom is -0.366 e. The van der Waals surface area contributed by atoms with Crippen LogP contribution in [-0.2, 0) is 19.6 Å². The van der Waals surface area contributed by atoms with Crippen LogP contribution in [0.25, 0.3) is 0 Å². The van der Waals surface area contributed by atoms with Crippen molar-refractivity contribution in [2.24, 2.45) is 5.41 Å². The molecule has 1 aliphatic heterocycles. The van der Waals surface area contributed by atoms with Crippen LogP contribution in [0, 0.1) is 5.41 Å². The van der Waals surface area contributed by atoms with Gasteiger partial charge in [-0.2, -0.15) is 0 Å². The average Bonchev–Trinajstić information content (AvgIpc) is 2.83. The maximum atomic E-state index is 6.08. The largest absolute Gasteiger partial charge is 0.366 e. The number of allylic oxidation sites excluding steroid dienone is 1. The van der Waals surface area contributed by atoms with Gasteiger partial charge in [0.15, 0.2) is 6.29 Å². The van der Waals surface area contributed by atoms with Gasteiger partial charge in [0.05, 0.1) is 19.8 Å². The number of benzene rings is 1. The van der Waals surface area contributed by atoms with Gasteiger partial charge in [0, 0.05) is 0 Å². The fourth-order valence-corrected chi connectivity index (χ4v) is 6.10. The van der Waals surface area contributed by atoms with Crippen LogP contribution in [0.2, 0.25) is 0 Å². The molecule has 2 bridgehead atoms. The van der Waals surface area contributed by atoms with E-state index in [4.69, 9.17) is 14.2 Å². The van der Waals surface area contributed by atoms with Crippen LogP contribution in [0.1, 0.15) is 102 Å². The Morgan fingerprint density at radius 3 is 2.26 bits per heavy atom. The van der Waals surface area contributed by atoms with Crippen LogP contribution in [0.5, 0.6) is 0 Å². The number of hydrogen-bond donors (Lipinski definition) is 0. The van der Waals surface area contributed by atoms with E-state index >= 15 is 0 Å². The average molecular weight is 427 g/mol. The highest BCUT2D eigenvalue weighted by molar-refractivity contribution is 5.32.